The van der Waals surface area contributed by atoms with Crippen molar-refractivity contribution in [2.24, 2.45) is 0 Å². The first kappa shape index (κ1) is 18.1. The maximum absolute atomic E-state index is 13.5. The summed E-state index contributed by atoms with van der Waals surface area (Å²) >= 11 is 4.76. The Balaban J connectivity index is 1.85. The second-order valence-electron chi connectivity index (χ2n) is 5.53. The van der Waals surface area contributed by atoms with E-state index in [0.717, 1.165) is 6.07 Å². The van der Waals surface area contributed by atoms with Crippen LogP contribution in [0, 0.1) is 11.6 Å². The van der Waals surface area contributed by atoms with Gasteiger partial charge in [-0.1, -0.05) is 11.8 Å². The van der Waals surface area contributed by atoms with E-state index < -0.39 is 29.9 Å². The van der Waals surface area contributed by atoms with Crippen LogP contribution in [-0.4, -0.2) is 33.3 Å². The SMILES string of the molecule is CSc1ncc(Br)c(CN2C(=O)O[C@H](c3cc(F)cc(F)c3)[C@@H]2C)n1. The summed E-state index contributed by atoms with van der Waals surface area (Å²) in [5.74, 6) is -1.42. The van der Waals surface area contributed by atoms with Crippen LogP contribution >= 0.6 is 27.7 Å². The van der Waals surface area contributed by atoms with E-state index >= 15 is 0 Å². The molecule has 9 heteroatoms. The molecule has 25 heavy (non-hydrogen) atoms. The predicted octanol–water partition coefficient (Wildman–Crippen LogP) is 4.32. The van der Waals surface area contributed by atoms with Crippen molar-refractivity contribution in [3.63, 3.8) is 0 Å². The van der Waals surface area contributed by atoms with Crippen molar-refractivity contribution in [3.05, 3.63) is 51.8 Å². The standard InChI is InChI=1S/C16H14BrF2N3O2S/c1-8-14(9-3-10(18)5-11(19)4-9)24-16(23)22(8)7-13-12(17)6-20-15(21-13)25-2/h3-6,8,14H,7H2,1-2H3/t8-,14-/m0/s1. The monoisotopic (exact) mass is 429 g/mol. The number of rotatable bonds is 4. The number of benzene rings is 1. The fraction of sp³-hybridized carbons (Fsp3) is 0.312. The number of amides is 1. The second-order valence-corrected chi connectivity index (χ2v) is 7.15. The third-order valence-electron chi connectivity index (χ3n) is 3.90. The molecule has 1 fully saturated rings. The Kier molecular flexibility index (Phi) is 5.24. The van der Waals surface area contributed by atoms with Crippen molar-refractivity contribution in [1.29, 1.82) is 0 Å². The summed E-state index contributed by atoms with van der Waals surface area (Å²) in [7, 11) is 0. The number of cyclic esters (lactones) is 1. The number of hydrogen-bond acceptors (Lipinski definition) is 5. The van der Waals surface area contributed by atoms with Gasteiger partial charge >= 0.3 is 6.09 Å². The molecule has 1 aliphatic rings. The van der Waals surface area contributed by atoms with Crippen molar-refractivity contribution in [2.75, 3.05) is 6.26 Å². The van der Waals surface area contributed by atoms with Gasteiger partial charge < -0.3 is 4.74 Å². The van der Waals surface area contributed by atoms with Crippen LogP contribution in [0.15, 0.2) is 34.0 Å². The minimum atomic E-state index is -0.752. The van der Waals surface area contributed by atoms with Crippen molar-refractivity contribution < 1.29 is 18.3 Å². The maximum atomic E-state index is 13.5. The largest absolute Gasteiger partial charge is 0.439 e. The highest BCUT2D eigenvalue weighted by Crippen LogP contribution is 2.34. The van der Waals surface area contributed by atoms with E-state index in [-0.39, 0.29) is 12.1 Å². The van der Waals surface area contributed by atoms with Gasteiger partial charge in [0, 0.05) is 17.8 Å². The van der Waals surface area contributed by atoms with E-state index in [1.807, 2.05) is 6.26 Å². The van der Waals surface area contributed by atoms with Crippen LogP contribution in [0.5, 0.6) is 0 Å². The van der Waals surface area contributed by atoms with Gasteiger partial charge in [0.1, 0.15) is 17.7 Å². The zero-order valence-electron chi connectivity index (χ0n) is 13.4. The van der Waals surface area contributed by atoms with E-state index in [1.165, 1.54) is 28.8 Å². The zero-order valence-corrected chi connectivity index (χ0v) is 15.8. The van der Waals surface area contributed by atoms with Crippen LogP contribution in [0.4, 0.5) is 13.6 Å². The molecular formula is C16H14BrF2N3O2S. The van der Waals surface area contributed by atoms with Crippen molar-refractivity contribution in [3.8, 4) is 0 Å². The third-order valence-corrected chi connectivity index (χ3v) is 5.13. The van der Waals surface area contributed by atoms with Crippen LogP contribution in [0.25, 0.3) is 0 Å². The normalized spacial score (nSPS) is 20.0. The number of nitrogens with zero attached hydrogens (tertiary/aromatic N) is 3. The predicted molar refractivity (Wildman–Crippen MR) is 92.1 cm³/mol. The van der Waals surface area contributed by atoms with Gasteiger partial charge in [0.15, 0.2) is 5.16 Å². The van der Waals surface area contributed by atoms with Crippen molar-refractivity contribution in [2.45, 2.75) is 30.8 Å². The maximum Gasteiger partial charge on any atom is 0.411 e. The molecule has 2 aromatic rings. The lowest BCUT2D eigenvalue weighted by Crippen LogP contribution is -2.32. The number of thioether (sulfide) groups is 1. The van der Waals surface area contributed by atoms with Crippen LogP contribution in [0.3, 0.4) is 0 Å². The minimum absolute atomic E-state index is 0.199. The van der Waals surface area contributed by atoms with Crippen LogP contribution in [-0.2, 0) is 11.3 Å². The number of aromatic nitrogens is 2. The molecule has 2 atom stereocenters. The molecule has 0 spiro atoms. The van der Waals surface area contributed by atoms with Crippen LogP contribution < -0.4 is 0 Å². The summed E-state index contributed by atoms with van der Waals surface area (Å²) in [6.07, 6.45) is 2.17. The Morgan fingerprint density at radius 2 is 2.00 bits per heavy atom. The molecule has 0 radical (unpaired) electrons. The molecule has 1 aliphatic heterocycles. The lowest BCUT2D eigenvalue weighted by Gasteiger charge is -2.21. The molecule has 1 aromatic carbocycles. The van der Waals surface area contributed by atoms with E-state index in [2.05, 4.69) is 25.9 Å². The molecule has 5 nitrogen and oxygen atoms in total. The molecule has 0 N–H and O–H groups in total. The van der Waals surface area contributed by atoms with Gasteiger partial charge in [0.25, 0.3) is 0 Å². The zero-order chi connectivity index (χ0) is 18.1. The smallest absolute Gasteiger partial charge is 0.411 e. The summed E-state index contributed by atoms with van der Waals surface area (Å²) in [6, 6.07) is 2.72. The summed E-state index contributed by atoms with van der Waals surface area (Å²) in [4.78, 5) is 22.3. The Morgan fingerprint density at radius 1 is 1.32 bits per heavy atom. The average molecular weight is 430 g/mol. The molecule has 2 heterocycles. The van der Waals surface area contributed by atoms with E-state index in [1.54, 1.807) is 13.1 Å². The van der Waals surface area contributed by atoms with E-state index in [4.69, 9.17) is 4.74 Å². The number of carbonyl (C=O) groups excluding carboxylic acids is 1. The average Bonchev–Trinajstić information content (AvgIpc) is 2.84. The van der Waals surface area contributed by atoms with Gasteiger partial charge in [-0.15, -0.1) is 0 Å². The second kappa shape index (κ2) is 7.25. The number of ether oxygens (including phenoxy) is 1. The van der Waals surface area contributed by atoms with Gasteiger partial charge in [0.05, 0.1) is 22.8 Å². The summed E-state index contributed by atoms with van der Waals surface area (Å²) < 4.78 is 32.9. The molecule has 0 saturated carbocycles. The van der Waals surface area contributed by atoms with Gasteiger partial charge in [-0.3, -0.25) is 4.90 Å². The highest BCUT2D eigenvalue weighted by molar-refractivity contribution is 9.10. The van der Waals surface area contributed by atoms with Gasteiger partial charge in [-0.25, -0.2) is 23.5 Å². The molecule has 3 rings (SSSR count). The summed E-state index contributed by atoms with van der Waals surface area (Å²) in [5, 5.41) is 0.585. The molecule has 1 aromatic heterocycles. The number of hydrogen-bond donors (Lipinski definition) is 0. The Bertz CT molecular complexity index is 804. The third kappa shape index (κ3) is 3.77. The Labute approximate surface area is 155 Å². The van der Waals surface area contributed by atoms with Crippen molar-refractivity contribution >= 4 is 33.8 Å². The molecule has 1 saturated heterocycles. The highest BCUT2D eigenvalue weighted by atomic mass is 79.9. The van der Waals surface area contributed by atoms with E-state index in [9.17, 15) is 13.6 Å². The molecule has 0 aliphatic carbocycles. The van der Waals surface area contributed by atoms with Crippen LogP contribution in [0.1, 0.15) is 24.3 Å². The fourth-order valence-corrected chi connectivity index (χ4v) is 3.33. The Morgan fingerprint density at radius 3 is 2.64 bits per heavy atom. The van der Waals surface area contributed by atoms with Gasteiger partial charge in [0.2, 0.25) is 0 Å². The van der Waals surface area contributed by atoms with Gasteiger partial charge in [-0.2, -0.15) is 0 Å². The first-order chi connectivity index (χ1) is 11.9. The first-order valence-corrected chi connectivity index (χ1v) is 9.39. The van der Waals surface area contributed by atoms with Gasteiger partial charge in [-0.05, 0) is 41.2 Å². The lowest BCUT2D eigenvalue weighted by molar-refractivity contribution is 0.130. The lowest BCUT2D eigenvalue weighted by atomic mass is 10.0. The fourth-order valence-electron chi connectivity index (χ4n) is 2.65. The van der Waals surface area contributed by atoms with E-state index in [0.29, 0.717) is 15.3 Å². The number of halogens is 3. The quantitative estimate of drug-likeness (QED) is 0.534. The minimum Gasteiger partial charge on any atom is -0.439 e. The summed E-state index contributed by atoms with van der Waals surface area (Å²) in [6.45, 7) is 1.97. The summed E-state index contributed by atoms with van der Waals surface area (Å²) in [5.41, 5.74) is 0.918. The van der Waals surface area contributed by atoms with Crippen molar-refractivity contribution in [1.82, 2.24) is 14.9 Å². The molecule has 132 valence electrons. The molecule has 1 amide bonds. The highest BCUT2D eigenvalue weighted by Gasteiger charge is 2.40. The number of carbonyl (C=O) groups is 1. The van der Waals surface area contributed by atoms with Crippen LogP contribution in [0.2, 0.25) is 0 Å². The topological polar surface area (TPSA) is 55.3 Å². The molecule has 0 unspecified atom stereocenters. The molecular weight excluding hydrogens is 416 g/mol. The Hall–Kier alpha value is -1.74. The first-order valence-electron chi connectivity index (χ1n) is 7.37. The molecule has 0 bridgehead atoms.